The number of para-hydroxylation sites is 1. The number of anilines is 1. The van der Waals surface area contributed by atoms with Crippen LogP contribution < -0.4 is 9.64 Å². The van der Waals surface area contributed by atoms with Gasteiger partial charge in [-0.2, -0.15) is 13.2 Å². The molecule has 2 aromatic carbocycles. The molecule has 3 rings (SSSR count). The lowest BCUT2D eigenvalue weighted by Gasteiger charge is -2.23. The van der Waals surface area contributed by atoms with Gasteiger partial charge in [0.15, 0.2) is 0 Å². The molecule has 0 amide bonds. The average molecular weight is 348 g/mol. The number of aromatic nitrogens is 1. The summed E-state index contributed by atoms with van der Waals surface area (Å²) >= 11 is 0. The summed E-state index contributed by atoms with van der Waals surface area (Å²) in [7, 11) is 3.23. The second kappa shape index (κ2) is 6.70. The molecule has 0 aliphatic heterocycles. The molecule has 1 N–H and O–H groups in total. The maximum absolute atomic E-state index is 13.0. The number of methoxy groups -OCH3 is 1. The van der Waals surface area contributed by atoms with E-state index in [4.69, 9.17) is 4.74 Å². The van der Waals surface area contributed by atoms with Crippen molar-refractivity contribution in [1.29, 1.82) is 0 Å². The van der Waals surface area contributed by atoms with Crippen molar-refractivity contribution in [3.8, 4) is 5.75 Å². The number of halogens is 3. The Morgan fingerprint density at radius 3 is 2.60 bits per heavy atom. The molecular formula is C19H19F3N2O. The van der Waals surface area contributed by atoms with E-state index in [1.807, 2.05) is 30.5 Å². The van der Waals surface area contributed by atoms with Crippen LogP contribution in [0.3, 0.4) is 0 Å². The van der Waals surface area contributed by atoms with Gasteiger partial charge in [0.1, 0.15) is 5.75 Å². The van der Waals surface area contributed by atoms with E-state index in [0.29, 0.717) is 24.4 Å². The highest BCUT2D eigenvalue weighted by molar-refractivity contribution is 5.83. The second-order valence-electron chi connectivity index (χ2n) is 5.92. The van der Waals surface area contributed by atoms with Crippen LogP contribution in [0.1, 0.15) is 11.1 Å². The quantitative estimate of drug-likeness (QED) is 0.712. The fourth-order valence-corrected chi connectivity index (χ4v) is 2.91. The third kappa shape index (κ3) is 3.57. The van der Waals surface area contributed by atoms with Gasteiger partial charge in [-0.15, -0.1) is 0 Å². The molecule has 0 spiro atoms. The molecule has 0 fully saturated rings. The molecule has 0 bridgehead atoms. The monoisotopic (exact) mass is 348 g/mol. The number of aromatic amines is 1. The third-order valence-corrected chi connectivity index (χ3v) is 4.31. The lowest BCUT2D eigenvalue weighted by atomic mass is 10.1. The van der Waals surface area contributed by atoms with E-state index in [1.54, 1.807) is 11.9 Å². The van der Waals surface area contributed by atoms with Crippen LogP contribution in [0.2, 0.25) is 0 Å². The lowest BCUT2D eigenvalue weighted by molar-refractivity contribution is -0.137. The van der Waals surface area contributed by atoms with Gasteiger partial charge in [-0.25, -0.2) is 0 Å². The number of likely N-dealkylation sites (N-methyl/N-ethyl adjacent to an activating group) is 1. The van der Waals surface area contributed by atoms with Crippen LogP contribution in [-0.2, 0) is 12.6 Å². The molecule has 1 aromatic heterocycles. The Labute approximate surface area is 144 Å². The van der Waals surface area contributed by atoms with Crippen LogP contribution in [0.15, 0.2) is 48.7 Å². The fourth-order valence-electron chi connectivity index (χ4n) is 2.91. The molecule has 0 saturated carbocycles. The predicted molar refractivity (Wildman–Crippen MR) is 93.3 cm³/mol. The number of benzene rings is 2. The number of rotatable bonds is 5. The zero-order valence-corrected chi connectivity index (χ0v) is 14.0. The Morgan fingerprint density at radius 1 is 1.12 bits per heavy atom. The van der Waals surface area contributed by atoms with Crippen molar-refractivity contribution in [2.75, 3.05) is 25.6 Å². The largest absolute Gasteiger partial charge is 0.495 e. The summed E-state index contributed by atoms with van der Waals surface area (Å²) in [5.41, 5.74) is 1.93. The fraction of sp³-hybridized carbons (Fsp3) is 0.263. The minimum Gasteiger partial charge on any atom is -0.495 e. The maximum Gasteiger partial charge on any atom is 0.416 e. The first-order valence-corrected chi connectivity index (χ1v) is 7.91. The van der Waals surface area contributed by atoms with E-state index in [1.165, 1.54) is 13.2 Å². The van der Waals surface area contributed by atoms with Gasteiger partial charge >= 0.3 is 6.18 Å². The Morgan fingerprint density at radius 2 is 1.88 bits per heavy atom. The van der Waals surface area contributed by atoms with Crippen LogP contribution in [0.25, 0.3) is 10.9 Å². The number of ether oxygens (including phenoxy) is 1. The highest BCUT2D eigenvalue weighted by atomic mass is 19.4. The van der Waals surface area contributed by atoms with Crippen molar-refractivity contribution in [1.82, 2.24) is 4.98 Å². The standard InChI is InChI=1S/C19H19F3N2O/c1-24(10-9-13-12-23-16-6-4-3-5-15(13)16)17-11-14(19(20,21)22)7-8-18(17)25-2/h3-8,11-12,23H,9-10H2,1-2H3. The summed E-state index contributed by atoms with van der Waals surface area (Å²) in [4.78, 5) is 5.00. The topological polar surface area (TPSA) is 28.3 Å². The molecule has 0 atom stereocenters. The van der Waals surface area contributed by atoms with Gasteiger partial charge in [-0.05, 0) is 36.2 Å². The molecule has 0 saturated heterocycles. The van der Waals surface area contributed by atoms with Crippen LogP contribution in [0.4, 0.5) is 18.9 Å². The first-order valence-electron chi connectivity index (χ1n) is 7.91. The molecule has 0 unspecified atom stereocenters. The molecule has 1 heterocycles. The Bertz CT molecular complexity index is 870. The summed E-state index contributed by atoms with van der Waals surface area (Å²) < 4.78 is 44.2. The van der Waals surface area contributed by atoms with E-state index >= 15 is 0 Å². The molecule has 132 valence electrons. The first kappa shape index (κ1) is 17.2. The predicted octanol–water partition coefficient (Wildman–Crippen LogP) is 4.87. The molecular weight excluding hydrogens is 329 g/mol. The number of H-pyrrole nitrogens is 1. The van der Waals surface area contributed by atoms with E-state index in [2.05, 4.69) is 4.98 Å². The van der Waals surface area contributed by atoms with Gasteiger partial charge in [0.2, 0.25) is 0 Å². The number of nitrogens with one attached hydrogen (secondary N) is 1. The normalized spacial score (nSPS) is 11.7. The maximum atomic E-state index is 13.0. The van der Waals surface area contributed by atoms with Gasteiger partial charge in [0.05, 0.1) is 18.4 Å². The summed E-state index contributed by atoms with van der Waals surface area (Å²) in [5.74, 6) is 0.425. The van der Waals surface area contributed by atoms with Gasteiger partial charge < -0.3 is 14.6 Å². The Kier molecular flexibility index (Phi) is 4.61. The van der Waals surface area contributed by atoms with Crippen molar-refractivity contribution in [3.05, 3.63) is 59.8 Å². The number of alkyl halides is 3. The molecule has 6 heteroatoms. The zero-order chi connectivity index (χ0) is 18.0. The molecule has 0 aliphatic carbocycles. The van der Waals surface area contributed by atoms with E-state index in [0.717, 1.165) is 28.6 Å². The average Bonchev–Trinajstić information content (AvgIpc) is 3.01. The van der Waals surface area contributed by atoms with Crippen molar-refractivity contribution >= 4 is 16.6 Å². The molecule has 0 aliphatic rings. The number of hydrogen-bond acceptors (Lipinski definition) is 2. The number of hydrogen-bond donors (Lipinski definition) is 1. The number of nitrogens with zero attached hydrogens (tertiary/aromatic N) is 1. The highest BCUT2D eigenvalue weighted by Gasteiger charge is 2.31. The molecule has 0 radical (unpaired) electrons. The van der Waals surface area contributed by atoms with Crippen molar-refractivity contribution in [2.24, 2.45) is 0 Å². The minimum absolute atomic E-state index is 0.425. The van der Waals surface area contributed by atoms with Crippen molar-refractivity contribution < 1.29 is 17.9 Å². The van der Waals surface area contributed by atoms with Crippen LogP contribution in [0, 0.1) is 0 Å². The van der Waals surface area contributed by atoms with E-state index < -0.39 is 11.7 Å². The summed E-state index contributed by atoms with van der Waals surface area (Å²) in [6, 6.07) is 11.5. The van der Waals surface area contributed by atoms with Crippen LogP contribution in [-0.4, -0.2) is 25.7 Å². The first-order chi connectivity index (χ1) is 11.9. The molecule has 3 aromatic rings. The zero-order valence-electron chi connectivity index (χ0n) is 14.0. The summed E-state index contributed by atoms with van der Waals surface area (Å²) in [6.07, 6.45) is -1.72. The smallest absolute Gasteiger partial charge is 0.416 e. The molecule has 3 nitrogen and oxygen atoms in total. The van der Waals surface area contributed by atoms with Gasteiger partial charge in [-0.3, -0.25) is 0 Å². The van der Waals surface area contributed by atoms with Gasteiger partial charge in [0, 0.05) is 30.7 Å². The van der Waals surface area contributed by atoms with Gasteiger partial charge in [-0.1, -0.05) is 18.2 Å². The van der Waals surface area contributed by atoms with Crippen LogP contribution >= 0.6 is 0 Å². The number of fused-ring (bicyclic) bond motifs is 1. The third-order valence-electron chi connectivity index (χ3n) is 4.31. The summed E-state index contributed by atoms with van der Waals surface area (Å²) in [5, 5.41) is 1.13. The van der Waals surface area contributed by atoms with E-state index in [9.17, 15) is 13.2 Å². The lowest BCUT2D eigenvalue weighted by Crippen LogP contribution is -2.21. The van der Waals surface area contributed by atoms with E-state index in [-0.39, 0.29) is 0 Å². The Balaban J connectivity index is 1.82. The molecule has 25 heavy (non-hydrogen) atoms. The second-order valence-corrected chi connectivity index (χ2v) is 5.92. The highest BCUT2D eigenvalue weighted by Crippen LogP contribution is 2.36. The summed E-state index contributed by atoms with van der Waals surface area (Å²) in [6.45, 7) is 0.569. The van der Waals surface area contributed by atoms with Crippen LogP contribution in [0.5, 0.6) is 5.75 Å². The van der Waals surface area contributed by atoms with Gasteiger partial charge in [0.25, 0.3) is 0 Å². The SMILES string of the molecule is COc1ccc(C(F)(F)F)cc1N(C)CCc1c[nH]c2ccccc12. The van der Waals surface area contributed by atoms with Crippen molar-refractivity contribution in [2.45, 2.75) is 12.6 Å². The minimum atomic E-state index is -4.38. The van der Waals surface area contributed by atoms with Crippen molar-refractivity contribution in [3.63, 3.8) is 0 Å². The Hall–Kier alpha value is -2.63.